The number of piperazine rings is 1. The van der Waals surface area contributed by atoms with Gasteiger partial charge >= 0.3 is 0 Å². The van der Waals surface area contributed by atoms with E-state index in [1.165, 1.54) is 0 Å². The lowest BCUT2D eigenvalue weighted by molar-refractivity contribution is -0.136. The van der Waals surface area contributed by atoms with Crippen LogP contribution in [0.3, 0.4) is 0 Å². The molecule has 6 heteroatoms. The van der Waals surface area contributed by atoms with Gasteiger partial charge in [0.1, 0.15) is 0 Å². The molecule has 0 aromatic carbocycles. The standard InChI is InChI=1S/C14H27N3O3/c1-13(2,17-7-5-15-6-8-17)12(19)16-14(11-18)3-9-20-10-4-14/h15,18H,3-11H2,1-2H3,(H,16,19). The Labute approximate surface area is 120 Å². The summed E-state index contributed by atoms with van der Waals surface area (Å²) < 4.78 is 5.33. The van der Waals surface area contributed by atoms with Crippen LogP contribution in [0.5, 0.6) is 0 Å². The van der Waals surface area contributed by atoms with E-state index in [2.05, 4.69) is 15.5 Å². The highest BCUT2D eigenvalue weighted by molar-refractivity contribution is 5.86. The van der Waals surface area contributed by atoms with Gasteiger partial charge in [0.05, 0.1) is 17.7 Å². The number of rotatable bonds is 4. The van der Waals surface area contributed by atoms with Crippen molar-refractivity contribution in [2.75, 3.05) is 46.0 Å². The topological polar surface area (TPSA) is 73.8 Å². The molecule has 20 heavy (non-hydrogen) atoms. The van der Waals surface area contributed by atoms with Crippen molar-refractivity contribution in [1.29, 1.82) is 0 Å². The largest absolute Gasteiger partial charge is 0.394 e. The minimum absolute atomic E-state index is 0.00431. The molecule has 2 aliphatic rings. The van der Waals surface area contributed by atoms with E-state index < -0.39 is 11.1 Å². The van der Waals surface area contributed by atoms with Crippen LogP contribution in [0.1, 0.15) is 26.7 Å². The van der Waals surface area contributed by atoms with Crippen LogP contribution in [0.25, 0.3) is 0 Å². The Morgan fingerprint density at radius 2 is 1.95 bits per heavy atom. The second-order valence-corrected chi connectivity index (χ2v) is 6.30. The summed E-state index contributed by atoms with van der Waals surface area (Å²) in [4.78, 5) is 14.9. The minimum atomic E-state index is -0.553. The van der Waals surface area contributed by atoms with Crippen LogP contribution in [0.2, 0.25) is 0 Å². The van der Waals surface area contributed by atoms with Gasteiger partial charge in [-0.25, -0.2) is 0 Å². The van der Waals surface area contributed by atoms with Gasteiger partial charge in [0, 0.05) is 39.4 Å². The zero-order valence-corrected chi connectivity index (χ0v) is 12.6. The van der Waals surface area contributed by atoms with E-state index in [4.69, 9.17) is 4.74 Å². The molecule has 3 N–H and O–H groups in total. The maximum atomic E-state index is 12.7. The fourth-order valence-corrected chi connectivity index (χ4v) is 2.85. The summed E-state index contributed by atoms with van der Waals surface area (Å²) in [7, 11) is 0. The lowest BCUT2D eigenvalue weighted by Crippen LogP contribution is -2.65. The lowest BCUT2D eigenvalue weighted by atomic mass is 9.89. The fraction of sp³-hybridized carbons (Fsp3) is 0.929. The molecular formula is C14H27N3O3. The van der Waals surface area contributed by atoms with Crippen LogP contribution in [0.4, 0.5) is 0 Å². The number of amides is 1. The fourth-order valence-electron chi connectivity index (χ4n) is 2.85. The normalized spacial score (nSPS) is 24.4. The van der Waals surface area contributed by atoms with Crippen LogP contribution >= 0.6 is 0 Å². The summed E-state index contributed by atoms with van der Waals surface area (Å²) in [5.74, 6) is -0.00431. The van der Waals surface area contributed by atoms with E-state index in [0.717, 1.165) is 26.2 Å². The smallest absolute Gasteiger partial charge is 0.240 e. The number of nitrogens with one attached hydrogen (secondary N) is 2. The van der Waals surface area contributed by atoms with E-state index in [-0.39, 0.29) is 12.5 Å². The molecule has 2 aliphatic heterocycles. The summed E-state index contributed by atoms with van der Waals surface area (Å²) in [6.45, 7) is 8.64. The monoisotopic (exact) mass is 285 g/mol. The highest BCUT2D eigenvalue weighted by atomic mass is 16.5. The van der Waals surface area contributed by atoms with E-state index >= 15 is 0 Å². The Hall–Kier alpha value is -0.690. The van der Waals surface area contributed by atoms with Crippen molar-refractivity contribution in [3.63, 3.8) is 0 Å². The molecule has 0 saturated carbocycles. The average molecular weight is 285 g/mol. The van der Waals surface area contributed by atoms with Crippen molar-refractivity contribution in [2.24, 2.45) is 0 Å². The van der Waals surface area contributed by atoms with Gasteiger partial charge in [-0.05, 0) is 26.7 Å². The number of carbonyl (C=O) groups excluding carboxylic acids is 1. The van der Waals surface area contributed by atoms with Crippen molar-refractivity contribution in [3.8, 4) is 0 Å². The molecule has 1 amide bonds. The predicted molar refractivity (Wildman–Crippen MR) is 76.5 cm³/mol. The summed E-state index contributed by atoms with van der Waals surface area (Å²) >= 11 is 0. The van der Waals surface area contributed by atoms with Crippen LogP contribution in [-0.2, 0) is 9.53 Å². The predicted octanol–water partition coefficient (Wildman–Crippen LogP) is -0.672. The van der Waals surface area contributed by atoms with Gasteiger partial charge in [0.2, 0.25) is 5.91 Å². The summed E-state index contributed by atoms with van der Waals surface area (Å²) in [5.41, 5.74) is -1.07. The molecule has 2 saturated heterocycles. The molecule has 6 nitrogen and oxygen atoms in total. The van der Waals surface area contributed by atoms with E-state index in [1.807, 2.05) is 13.8 Å². The van der Waals surface area contributed by atoms with Crippen molar-refractivity contribution >= 4 is 5.91 Å². The Morgan fingerprint density at radius 1 is 1.35 bits per heavy atom. The number of aliphatic hydroxyl groups excluding tert-OH is 1. The Bertz CT molecular complexity index is 335. The Kier molecular flexibility index (Phi) is 5.01. The maximum absolute atomic E-state index is 12.7. The Morgan fingerprint density at radius 3 is 2.50 bits per heavy atom. The first-order valence-corrected chi connectivity index (χ1v) is 7.47. The van der Waals surface area contributed by atoms with Crippen LogP contribution < -0.4 is 10.6 Å². The number of hydrogen-bond donors (Lipinski definition) is 3. The van der Waals surface area contributed by atoms with Crippen molar-refractivity contribution in [3.05, 3.63) is 0 Å². The molecule has 0 unspecified atom stereocenters. The van der Waals surface area contributed by atoms with E-state index in [0.29, 0.717) is 26.1 Å². The van der Waals surface area contributed by atoms with Gasteiger partial charge in [-0.2, -0.15) is 0 Å². The summed E-state index contributed by atoms with van der Waals surface area (Å²) in [5, 5.41) is 16.1. The summed E-state index contributed by atoms with van der Waals surface area (Å²) in [6, 6.07) is 0. The second kappa shape index (κ2) is 6.39. The van der Waals surface area contributed by atoms with Gasteiger partial charge in [-0.1, -0.05) is 0 Å². The van der Waals surface area contributed by atoms with Crippen LogP contribution in [-0.4, -0.2) is 73.0 Å². The van der Waals surface area contributed by atoms with Gasteiger partial charge in [0.25, 0.3) is 0 Å². The van der Waals surface area contributed by atoms with E-state index in [1.54, 1.807) is 0 Å². The van der Waals surface area contributed by atoms with Crippen LogP contribution in [0.15, 0.2) is 0 Å². The molecule has 0 aromatic heterocycles. The average Bonchev–Trinajstić information content (AvgIpc) is 2.49. The first-order valence-electron chi connectivity index (χ1n) is 7.47. The quantitative estimate of drug-likeness (QED) is 0.639. The second-order valence-electron chi connectivity index (χ2n) is 6.30. The lowest BCUT2D eigenvalue weighted by Gasteiger charge is -2.43. The molecule has 116 valence electrons. The molecule has 0 aliphatic carbocycles. The molecule has 0 radical (unpaired) electrons. The molecule has 2 rings (SSSR count). The first kappa shape index (κ1) is 15.7. The van der Waals surface area contributed by atoms with Gasteiger partial charge < -0.3 is 20.5 Å². The third-order valence-corrected chi connectivity index (χ3v) is 4.59. The molecule has 0 spiro atoms. The van der Waals surface area contributed by atoms with Crippen molar-refractivity contribution in [2.45, 2.75) is 37.8 Å². The SMILES string of the molecule is CC(C)(C(=O)NC1(CO)CCOCC1)N1CCNCC1. The number of nitrogens with zero attached hydrogens (tertiary/aromatic N) is 1. The number of aliphatic hydroxyl groups is 1. The van der Waals surface area contributed by atoms with Gasteiger partial charge in [0.15, 0.2) is 0 Å². The molecule has 0 bridgehead atoms. The van der Waals surface area contributed by atoms with Gasteiger partial charge in [-0.15, -0.1) is 0 Å². The molecular weight excluding hydrogens is 258 g/mol. The zero-order chi connectivity index (χ0) is 14.6. The molecule has 0 aromatic rings. The third-order valence-electron chi connectivity index (χ3n) is 4.59. The number of hydrogen-bond acceptors (Lipinski definition) is 5. The van der Waals surface area contributed by atoms with Gasteiger partial charge in [-0.3, -0.25) is 9.69 Å². The molecule has 2 fully saturated rings. The van der Waals surface area contributed by atoms with Crippen LogP contribution in [0, 0.1) is 0 Å². The van der Waals surface area contributed by atoms with E-state index in [9.17, 15) is 9.90 Å². The summed E-state index contributed by atoms with van der Waals surface area (Å²) in [6.07, 6.45) is 1.35. The number of ether oxygens (including phenoxy) is 1. The third kappa shape index (κ3) is 3.31. The van der Waals surface area contributed by atoms with Crippen molar-refractivity contribution < 1.29 is 14.6 Å². The molecule has 2 heterocycles. The van der Waals surface area contributed by atoms with Crippen molar-refractivity contribution in [1.82, 2.24) is 15.5 Å². The molecule has 0 atom stereocenters. The number of carbonyl (C=O) groups is 1. The Balaban J connectivity index is 2.01. The first-order chi connectivity index (χ1) is 9.50. The highest BCUT2D eigenvalue weighted by Crippen LogP contribution is 2.23. The minimum Gasteiger partial charge on any atom is -0.394 e. The highest BCUT2D eigenvalue weighted by Gasteiger charge is 2.41. The maximum Gasteiger partial charge on any atom is 0.240 e. The zero-order valence-electron chi connectivity index (χ0n) is 12.6.